The Kier molecular flexibility index (Phi) is 5.98. The van der Waals surface area contributed by atoms with Crippen LogP contribution in [0.15, 0.2) is 18.2 Å². The number of anilines is 1. The molecule has 0 unspecified atom stereocenters. The molecule has 1 aromatic carbocycles. The third-order valence-electron chi connectivity index (χ3n) is 4.16. The van der Waals surface area contributed by atoms with Gasteiger partial charge in [0, 0.05) is 19.8 Å². The molecular formula is C16H22ClN3O3. The quantitative estimate of drug-likeness (QED) is 0.762. The van der Waals surface area contributed by atoms with E-state index in [9.17, 15) is 9.59 Å². The van der Waals surface area contributed by atoms with Gasteiger partial charge in [0.05, 0.1) is 22.6 Å². The molecule has 3 N–H and O–H groups in total. The lowest BCUT2D eigenvalue weighted by Gasteiger charge is -2.35. The zero-order valence-corrected chi connectivity index (χ0v) is 14.1. The first kappa shape index (κ1) is 17.7. The van der Waals surface area contributed by atoms with Gasteiger partial charge in [-0.3, -0.25) is 9.59 Å². The van der Waals surface area contributed by atoms with E-state index in [1.165, 1.54) is 0 Å². The monoisotopic (exact) mass is 339 g/mol. The average molecular weight is 340 g/mol. The van der Waals surface area contributed by atoms with Crippen LogP contribution in [0.2, 0.25) is 5.02 Å². The lowest BCUT2D eigenvalue weighted by atomic mass is 9.78. The zero-order chi connectivity index (χ0) is 16.9. The van der Waals surface area contributed by atoms with Crippen LogP contribution >= 0.6 is 11.6 Å². The van der Waals surface area contributed by atoms with E-state index in [4.69, 9.17) is 16.3 Å². The molecule has 2 amide bonds. The van der Waals surface area contributed by atoms with E-state index in [0.29, 0.717) is 22.9 Å². The molecule has 0 saturated carbocycles. The van der Waals surface area contributed by atoms with Gasteiger partial charge in [-0.25, -0.2) is 0 Å². The first-order valence-corrected chi connectivity index (χ1v) is 7.93. The number of hydrogen-bond donors (Lipinski definition) is 3. The number of hydrogen-bond acceptors (Lipinski definition) is 4. The van der Waals surface area contributed by atoms with Gasteiger partial charge < -0.3 is 20.7 Å². The molecule has 1 heterocycles. The van der Waals surface area contributed by atoms with Crippen molar-refractivity contribution in [2.75, 3.05) is 39.2 Å². The number of nitrogens with one attached hydrogen (secondary N) is 3. The van der Waals surface area contributed by atoms with Gasteiger partial charge >= 0.3 is 0 Å². The van der Waals surface area contributed by atoms with Crippen LogP contribution in [0.1, 0.15) is 23.2 Å². The number of rotatable bonds is 5. The molecule has 0 aromatic heterocycles. The van der Waals surface area contributed by atoms with E-state index in [-0.39, 0.29) is 11.8 Å². The van der Waals surface area contributed by atoms with Crippen molar-refractivity contribution < 1.29 is 14.3 Å². The highest BCUT2D eigenvalue weighted by Gasteiger charge is 2.39. The Morgan fingerprint density at radius 2 is 2.04 bits per heavy atom. The minimum Gasteiger partial charge on any atom is -0.384 e. The van der Waals surface area contributed by atoms with Crippen LogP contribution in [0.3, 0.4) is 0 Å². The average Bonchev–Trinajstić information content (AvgIpc) is 2.55. The summed E-state index contributed by atoms with van der Waals surface area (Å²) in [5, 5.41) is 8.97. The van der Waals surface area contributed by atoms with E-state index in [0.717, 1.165) is 25.9 Å². The number of amides is 2. The van der Waals surface area contributed by atoms with Crippen molar-refractivity contribution in [2.24, 2.45) is 5.41 Å². The fourth-order valence-corrected chi connectivity index (χ4v) is 3.06. The molecule has 23 heavy (non-hydrogen) atoms. The Hall–Kier alpha value is -1.63. The maximum Gasteiger partial charge on any atom is 0.252 e. The Morgan fingerprint density at radius 3 is 2.61 bits per heavy atom. The Balaban J connectivity index is 2.15. The predicted molar refractivity (Wildman–Crippen MR) is 89.9 cm³/mol. The fourth-order valence-electron chi connectivity index (χ4n) is 2.79. The van der Waals surface area contributed by atoms with E-state index in [2.05, 4.69) is 16.0 Å². The van der Waals surface area contributed by atoms with Crippen molar-refractivity contribution in [1.82, 2.24) is 10.6 Å². The molecule has 0 aliphatic carbocycles. The zero-order valence-electron chi connectivity index (χ0n) is 13.4. The summed E-state index contributed by atoms with van der Waals surface area (Å²) in [5.74, 6) is -0.341. The summed E-state index contributed by atoms with van der Waals surface area (Å²) in [4.78, 5) is 24.4. The molecular weight excluding hydrogens is 318 g/mol. The Labute approximate surface area is 140 Å². The topological polar surface area (TPSA) is 79.5 Å². The standard InChI is InChI=1S/C16H22ClN3O3/c1-18-14(21)12-4-3-11(9-13(12)17)20-15(22)16(10-23-2)5-7-19-8-6-16/h3-4,9,19H,5-8,10H2,1-2H3,(H,18,21)(H,20,22). The van der Waals surface area contributed by atoms with Crippen LogP contribution in [0.25, 0.3) is 0 Å². The van der Waals surface area contributed by atoms with Crippen molar-refractivity contribution >= 4 is 29.1 Å². The first-order chi connectivity index (χ1) is 11.0. The summed E-state index contributed by atoms with van der Waals surface area (Å²) in [6.45, 7) is 1.95. The molecule has 0 spiro atoms. The van der Waals surface area contributed by atoms with E-state index >= 15 is 0 Å². The summed E-state index contributed by atoms with van der Waals surface area (Å²) >= 11 is 6.12. The highest BCUT2D eigenvalue weighted by Crippen LogP contribution is 2.31. The second kappa shape index (κ2) is 7.77. The van der Waals surface area contributed by atoms with Crippen LogP contribution in [0.5, 0.6) is 0 Å². The second-order valence-corrected chi connectivity index (χ2v) is 6.10. The number of carbonyl (C=O) groups is 2. The number of carbonyl (C=O) groups excluding carboxylic acids is 2. The third kappa shape index (κ3) is 4.02. The molecule has 0 bridgehead atoms. The van der Waals surface area contributed by atoms with Crippen molar-refractivity contribution in [3.8, 4) is 0 Å². The molecule has 1 aliphatic heterocycles. The van der Waals surface area contributed by atoms with Crippen molar-refractivity contribution in [3.05, 3.63) is 28.8 Å². The lowest BCUT2D eigenvalue weighted by molar-refractivity contribution is -0.130. The van der Waals surface area contributed by atoms with E-state index in [1.807, 2.05) is 0 Å². The third-order valence-corrected chi connectivity index (χ3v) is 4.47. The SMILES string of the molecule is CNC(=O)c1ccc(NC(=O)C2(COC)CCNCC2)cc1Cl. The normalized spacial score (nSPS) is 16.7. The van der Waals surface area contributed by atoms with Crippen molar-refractivity contribution in [2.45, 2.75) is 12.8 Å². The van der Waals surface area contributed by atoms with Gasteiger partial charge in [0.2, 0.25) is 5.91 Å². The Morgan fingerprint density at radius 1 is 1.35 bits per heavy atom. The lowest BCUT2D eigenvalue weighted by Crippen LogP contribution is -2.47. The van der Waals surface area contributed by atoms with Crippen LogP contribution in [0.4, 0.5) is 5.69 Å². The summed E-state index contributed by atoms with van der Waals surface area (Å²) in [5.41, 5.74) is 0.411. The molecule has 126 valence electrons. The smallest absolute Gasteiger partial charge is 0.252 e. The van der Waals surface area contributed by atoms with Gasteiger partial charge in [0.25, 0.3) is 5.91 Å². The van der Waals surface area contributed by atoms with Gasteiger partial charge in [-0.1, -0.05) is 11.6 Å². The van der Waals surface area contributed by atoms with Gasteiger partial charge in [0.1, 0.15) is 0 Å². The van der Waals surface area contributed by atoms with Gasteiger partial charge in [-0.2, -0.15) is 0 Å². The number of benzene rings is 1. The second-order valence-electron chi connectivity index (χ2n) is 5.69. The van der Waals surface area contributed by atoms with Gasteiger partial charge in [-0.05, 0) is 44.1 Å². The molecule has 1 aromatic rings. The maximum absolute atomic E-state index is 12.7. The maximum atomic E-state index is 12.7. The van der Waals surface area contributed by atoms with Gasteiger partial charge in [0.15, 0.2) is 0 Å². The number of ether oxygens (including phenoxy) is 1. The largest absolute Gasteiger partial charge is 0.384 e. The molecule has 0 atom stereocenters. The first-order valence-electron chi connectivity index (χ1n) is 7.55. The molecule has 1 saturated heterocycles. The molecule has 0 radical (unpaired) electrons. The van der Waals surface area contributed by atoms with Crippen molar-refractivity contribution in [1.29, 1.82) is 0 Å². The molecule has 1 aliphatic rings. The molecule has 7 heteroatoms. The predicted octanol–water partition coefficient (Wildman–Crippen LogP) is 1.65. The molecule has 2 rings (SSSR count). The van der Waals surface area contributed by atoms with Crippen LogP contribution in [-0.2, 0) is 9.53 Å². The highest BCUT2D eigenvalue weighted by molar-refractivity contribution is 6.34. The number of methoxy groups -OCH3 is 1. The van der Waals surface area contributed by atoms with E-state index < -0.39 is 5.41 Å². The number of piperidine rings is 1. The van der Waals surface area contributed by atoms with Gasteiger partial charge in [-0.15, -0.1) is 0 Å². The molecule has 1 fully saturated rings. The van der Waals surface area contributed by atoms with Crippen molar-refractivity contribution in [3.63, 3.8) is 0 Å². The fraction of sp³-hybridized carbons (Fsp3) is 0.500. The Bertz CT molecular complexity index is 580. The summed E-state index contributed by atoms with van der Waals surface area (Å²) < 4.78 is 5.26. The van der Waals surface area contributed by atoms with Crippen LogP contribution in [0, 0.1) is 5.41 Å². The minimum atomic E-state index is -0.536. The summed E-state index contributed by atoms with van der Waals surface area (Å²) in [7, 11) is 3.14. The highest BCUT2D eigenvalue weighted by atomic mass is 35.5. The molecule has 6 nitrogen and oxygen atoms in total. The van der Waals surface area contributed by atoms with E-state index in [1.54, 1.807) is 32.4 Å². The summed E-state index contributed by atoms with van der Waals surface area (Å²) in [6.07, 6.45) is 1.44. The summed E-state index contributed by atoms with van der Waals surface area (Å²) in [6, 6.07) is 4.86. The number of halogens is 1. The van der Waals surface area contributed by atoms with Crippen LogP contribution in [-0.4, -0.2) is 45.7 Å². The minimum absolute atomic E-state index is 0.0791. The van der Waals surface area contributed by atoms with Crippen LogP contribution < -0.4 is 16.0 Å².